The topological polar surface area (TPSA) is 47.6 Å². The van der Waals surface area contributed by atoms with Gasteiger partial charge in [-0.2, -0.15) is 0 Å². The molecule has 0 aromatic heterocycles. The highest BCUT2D eigenvalue weighted by atomic mass is 79.9. The highest BCUT2D eigenvalue weighted by Gasteiger charge is 2.26. The summed E-state index contributed by atoms with van der Waals surface area (Å²) in [4.78, 5) is 11.7. The van der Waals surface area contributed by atoms with Crippen molar-refractivity contribution >= 4 is 22.0 Å². The summed E-state index contributed by atoms with van der Waals surface area (Å²) in [5, 5.41) is 3.43. The molecule has 4 nitrogen and oxygen atoms in total. The summed E-state index contributed by atoms with van der Waals surface area (Å²) >= 11 is 3.46. The maximum atomic E-state index is 11.7. The van der Waals surface area contributed by atoms with Crippen molar-refractivity contribution in [2.75, 3.05) is 18.5 Å². The van der Waals surface area contributed by atoms with Gasteiger partial charge in [0, 0.05) is 11.9 Å². The molecule has 0 aromatic carbocycles. The Labute approximate surface area is 138 Å². The van der Waals surface area contributed by atoms with Gasteiger partial charge in [-0.1, -0.05) is 36.7 Å². The molecule has 1 N–H and O–H groups in total. The molecule has 5 heteroatoms. The molecule has 0 aromatic rings. The number of hydrogen-bond acceptors (Lipinski definition) is 3. The molecule has 21 heavy (non-hydrogen) atoms. The van der Waals surface area contributed by atoms with Gasteiger partial charge in [-0.15, -0.1) is 0 Å². The number of alkyl carbamates (subject to hydrolysis) is 1. The molecule has 1 unspecified atom stereocenters. The largest absolute Gasteiger partial charge is 0.444 e. The Hall–Kier alpha value is -0.290. The van der Waals surface area contributed by atoms with Crippen LogP contribution in [0.15, 0.2) is 0 Å². The molecular formula is C16H32BrNO3. The SMILES string of the molecule is CC(C)(C)CCCOC(C)(CBr)CNC(=O)OC(C)(C)C. The van der Waals surface area contributed by atoms with Crippen molar-refractivity contribution < 1.29 is 14.3 Å². The quantitative estimate of drug-likeness (QED) is 0.533. The summed E-state index contributed by atoms with van der Waals surface area (Å²) in [5.41, 5.74) is -0.583. The predicted molar refractivity (Wildman–Crippen MR) is 91.1 cm³/mol. The molecule has 1 atom stereocenters. The van der Waals surface area contributed by atoms with Crippen LogP contribution >= 0.6 is 15.9 Å². The molecule has 0 spiro atoms. The van der Waals surface area contributed by atoms with Crippen molar-refractivity contribution in [3.05, 3.63) is 0 Å². The Kier molecular flexibility index (Phi) is 8.26. The second kappa shape index (κ2) is 8.37. The lowest BCUT2D eigenvalue weighted by Crippen LogP contribution is -2.45. The van der Waals surface area contributed by atoms with Gasteiger partial charge in [0.25, 0.3) is 0 Å². The Morgan fingerprint density at radius 2 is 1.67 bits per heavy atom. The third-order valence-electron chi connectivity index (χ3n) is 2.81. The van der Waals surface area contributed by atoms with Crippen LogP contribution in [0.4, 0.5) is 4.79 Å². The maximum absolute atomic E-state index is 11.7. The maximum Gasteiger partial charge on any atom is 0.407 e. The van der Waals surface area contributed by atoms with Crippen LogP contribution in [0.25, 0.3) is 0 Å². The van der Waals surface area contributed by atoms with E-state index in [-0.39, 0.29) is 0 Å². The van der Waals surface area contributed by atoms with Crippen molar-refractivity contribution in [3.63, 3.8) is 0 Å². The summed E-state index contributed by atoms with van der Waals surface area (Å²) < 4.78 is 11.2. The fourth-order valence-electron chi connectivity index (χ4n) is 1.63. The third kappa shape index (κ3) is 12.0. The second-order valence-electron chi connectivity index (χ2n) is 7.95. The summed E-state index contributed by atoms with van der Waals surface area (Å²) in [6, 6.07) is 0. The van der Waals surface area contributed by atoms with Crippen molar-refractivity contribution in [1.82, 2.24) is 5.32 Å². The summed E-state index contributed by atoms with van der Waals surface area (Å²) in [6.07, 6.45) is 1.72. The van der Waals surface area contributed by atoms with Gasteiger partial charge >= 0.3 is 6.09 Å². The molecule has 0 aliphatic heterocycles. The molecular weight excluding hydrogens is 334 g/mol. The zero-order valence-electron chi connectivity index (χ0n) is 14.6. The van der Waals surface area contributed by atoms with Gasteiger partial charge in [0.15, 0.2) is 0 Å². The zero-order chi connectivity index (χ0) is 16.7. The van der Waals surface area contributed by atoms with Gasteiger partial charge in [0.05, 0.1) is 12.1 Å². The molecule has 0 bridgehead atoms. The van der Waals surface area contributed by atoms with Crippen molar-refractivity contribution in [3.8, 4) is 0 Å². The van der Waals surface area contributed by atoms with Crippen LogP contribution in [0.1, 0.15) is 61.3 Å². The molecule has 0 aliphatic rings. The first-order chi connectivity index (χ1) is 9.37. The smallest absolute Gasteiger partial charge is 0.407 e. The third-order valence-corrected chi connectivity index (χ3v) is 4.00. The number of nitrogens with one attached hydrogen (secondary N) is 1. The first kappa shape index (κ1) is 20.7. The number of rotatable bonds is 7. The van der Waals surface area contributed by atoms with E-state index in [1.807, 2.05) is 27.7 Å². The molecule has 0 aliphatic carbocycles. The summed E-state index contributed by atoms with van der Waals surface area (Å²) in [5.74, 6) is 0. The van der Waals surface area contributed by atoms with Gasteiger partial charge < -0.3 is 14.8 Å². The van der Waals surface area contributed by atoms with E-state index in [9.17, 15) is 4.79 Å². The highest BCUT2D eigenvalue weighted by Crippen LogP contribution is 2.21. The molecule has 0 radical (unpaired) electrons. The fraction of sp³-hybridized carbons (Fsp3) is 0.938. The van der Waals surface area contributed by atoms with Crippen LogP contribution in [0.2, 0.25) is 0 Å². The minimum absolute atomic E-state index is 0.322. The minimum Gasteiger partial charge on any atom is -0.444 e. The van der Waals surface area contributed by atoms with Crippen LogP contribution in [-0.2, 0) is 9.47 Å². The van der Waals surface area contributed by atoms with E-state index >= 15 is 0 Å². The molecule has 0 heterocycles. The first-order valence-electron chi connectivity index (χ1n) is 7.54. The van der Waals surface area contributed by atoms with Gasteiger partial charge in [-0.05, 0) is 46.0 Å². The van der Waals surface area contributed by atoms with Gasteiger partial charge in [0.1, 0.15) is 5.60 Å². The highest BCUT2D eigenvalue weighted by molar-refractivity contribution is 9.09. The first-order valence-corrected chi connectivity index (χ1v) is 8.66. The predicted octanol–water partition coefficient (Wildman–Crippen LogP) is 4.51. The molecule has 0 rings (SSSR count). The van der Waals surface area contributed by atoms with Crippen molar-refractivity contribution in [2.24, 2.45) is 5.41 Å². The fourth-order valence-corrected chi connectivity index (χ4v) is 1.99. The van der Waals surface area contributed by atoms with Crippen LogP contribution in [0.3, 0.4) is 0 Å². The number of carbonyl (C=O) groups excluding carboxylic acids is 1. The normalized spacial score (nSPS) is 15.4. The molecule has 126 valence electrons. The minimum atomic E-state index is -0.484. The Morgan fingerprint density at radius 1 is 1.10 bits per heavy atom. The second-order valence-corrected chi connectivity index (χ2v) is 8.51. The van der Waals surface area contributed by atoms with Gasteiger partial charge in [0.2, 0.25) is 0 Å². The standard InChI is InChI=1S/C16H32BrNO3/c1-14(2,3)9-8-10-20-16(7,11-17)12-18-13(19)21-15(4,5)6/h8-12H2,1-7H3,(H,18,19). The van der Waals surface area contributed by atoms with Crippen LogP contribution in [0, 0.1) is 5.41 Å². The number of ether oxygens (including phenoxy) is 2. The van der Waals surface area contributed by atoms with E-state index in [4.69, 9.17) is 9.47 Å². The van der Waals surface area contributed by atoms with E-state index < -0.39 is 17.3 Å². The molecule has 1 amide bonds. The van der Waals surface area contributed by atoms with E-state index in [0.717, 1.165) is 12.8 Å². The average Bonchev–Trinajstić information content (AvgIpc) is 2.29. The zero-order valence-corrected chi connectivity index (χ0v) is 16.2. The van der Waals surface area contributed by atoms with Crippen molar-refractivity contribution in [1.29, 1.82) is 0 Å². The summed E-state index contributed by atoms with van der Waals surface area (Å²) in [6.45, 7) is 15.3. The van der Waals surface area contributed by atoms with Gasteiger partial charge in [-0.25, -0.2) is 4.79 Å². The number of hydrogen-bond donors (Lipinski definition) is 1. The number of amides is 1. The molecule has 0 fully saturated rings. The summed E-state index contributed by atoms with van der Waals surface area (Å²) in [7, 11) is 0. The van der Waals surface area contributed by atoms with Gasteiger partial charge in [-0.3, -0.25) is 0 Å². The van der Waals surface area contributed by atoms with Crippen LogP contribution in [-0.4, -0.2) is 35.8 Å². The Bertz CT molecular complexity index is 320. The van der Waals surface area contributed by atoms with Crippen LogP contribution < -0.4 is 5.32 Å². The average molecular weight is 366 g/mol. The van der Waals surface area contributed by atoms with E-state index in [1.165, 1.54) is 0 Å². The van der Waals surface area contributed by atoms with E-state index in [0.29, 0.717) is 23.9 Å². The Balaban J connectivity index is 4.13. The van der Waals surface area contributed by atoms with E-state index in [1.54, 1.807) is 0 Å². The molecule has 0 saturated heterocycles. The number of alkyl halides is 1. The monoisotopic (exact) mass is 365 g/mol. The number of halogens is 1. The number of carbonyl (C=O) groups is 1. The van der Waals surface area contributed by atoms with Crippen molar-refractivity contribution in [2.45, 2.75) is 72.5 Å². The molecule has 0 saturated carbocycles. The lowest BCUT2D eigenvalue weighted by Gasteiger charge is -2.29. The van der Waals surface area contributed by atoms with E-state index in [2.05, 4.69) is 42.0 Å². The Morgan fingerprint density at radius 3 is 2.10 bits per heavy atom. The lowest BCUT2D eigenvalue weighted by molar-refractivity contribution is -0.0186. The lowest BCUT2D eigenvalue weighted by atomic mass is 9.91. The van der Waals surface area contributed by atoms with Crippen LogP contribution in [0.5, 0.6) is 0 Å².